The minimum absolute atomic E-state index is 0.00276. The van der Waals surface area contributed by atoms with Gasteiger partial charge < -0.3 is 24.0 Å². The van der Waals surface area contributed by atoms with E-state index < -0.39 is 0 Å². The van der Waals surface area contributed by atoms with Crippen LogP contribution in [0.2, 0.25) is 0 Å². The Balaban J connectivity index is 1.35. The molecular formula is C29H32N2O5S. The van der Waals surface area contributed by atoms with Gasteiger partial charge in [-0.2, -0.15) is 0 Å². The molecule has 37 heavy (non-hydrogen) atoms. The number of amides is 2. The van der Waals surface area contributed by atoms with E-state index in [2.05, 4.69) is 11.4 Å². The molecule has 0 radical (unpaired) electrons. The minimum atomic E-state index is -0.205. The summed E-state index contributed by atoms with van der Waals surface area (Å²) in [6, 6.07) is 14.9. The Hall–Kier alpha value is -3.52. The number of hydrogen-bond donors (Lipinski definition) is 0. The molecule has 0 aliphatic carbocycles. The summed E-state index contributed by atoms with van der Waals surface area (Å²) in [4.78, 5) is 32.2. The summed E-state index contributed by atoms with van der Waals surface area (Å²) in [5.74, 6) is 1.68. The van der Waals surface area contributed by atoms with Gasteiger partial charge in [0.2, 0.25) is 12.7 Å². The highest BCUT2D eigenvalue weighted by Gasteiger charge is 2.34. The fourth-order valence-corrected chi connectivity index (χ4v) is 5.69. The molecule has 7 nitrogen and oxygen atoms in total. The lowest BCUT2D eigenvalue weighted by atomic mass is 10.00. The topological polar surface area (TPSA) is 68.3 Å². The predicted octanol–water partition coefficient (Wildman–Crippen LogP) is 5.23. The van der Waals surface area contributed by atoms with Gasteiger partial charge in [-0.05, 0) is 74.0 Å². The van der Waals surface area contributed by atoms with Crippen LogP contribution in [-0.2, 0) is 11.2 Å². The Kier molecular flexibility index (Phi) is 7.37. The van der Waals surface area contributed by atoms with Crippen molar-refractivity contribution in [1.29, 1.82) is 0 Å². The van der Waals surface area contributed by atoms with Crippen LogP contribution < -0.4 is 14.2 Å². The van der Waals surface area contributed by atoms with Crippen LogP contribution in [-0.4, -0.2) is 54.1 Å². The largest absolute Gasteiger partial charge is 0.491 e. The van der Waals surface area contributed by atoms with Crippen molar-refractivity contribution >= 4 is 23.2 Å². The Morgan fingerprint density at radius 2 is 1.92 bits per heavy atom. The number of carbonyl (C=O) groups is 2. The molecule has 2 unspecified atom stereocenters. The lowest BCUT2D eigenvalue weighted by Gasteiger charge is -2.38. The molecule has 1 aromatic heterocycles. The van der Waals surface area contributed by atoms with Crippen LogP contribution in [0, 0.1) is 6.92 Å². The molecule has 5 rings (SSSR count). The summed E-state index contributed by atoms with van der Waals surface area (Å²) in [7, 11) is 0. The van der Waals surface area contributed by atoms with Gasteiger partial charge in [-0.1, -0.05) is 24.6 Å². The van der Waals surface area contributed by atoms with Gasteiger partial charge in [0, 0.05) is 23.0 Å². The van der Waals surface area contributed by atoms with Crippen molar-refractivity contribution in [2.75, 3.05) is 26.5 Å². The van der Waals surface area contributed by atoms with E-state index in [9.17, 15) is 9.59 Å². The average molecular weight is 521 g/mol. The number of hydrogen-bond acceptors (Lipinski definition) is 6. The zero-order chi connectivity index (χ0) is 25.9. The first-order chi connectivity index (χ1) is 17.9. The molecule has 194 valence electrons. The van der Waals surface area contributed by atoms with Crippen molar-refractivity contribution in [3.8, 4) is 17.2 Å². The maximum Gasteiger partial charge on any atom is 0.254 e. The number of ether oxygens (including phenoxy) is 3. The quantitative estimate of drug-likeness (QED) is 0.407. The third-order valence-electron chi connectivity index (χ3n) is 7.15. The number of nitrogens with zero attached hydrogens (tertiary/aromatic N) is 2. The molecule has 2 aliphatic heterocycles. The minimum Gasteiger partial charge on any atom is -0.491 e. The highest BCUT2D eigenvalue weighted by atomic mass is 32.1. The predicted molar refractivity (Wildman–Crippen MR) is 143 cm³/mol. The second kappa shape index (κ2) is 10.8. The van der Waals surface area contributed by atoms with Crippen LogP contribution in [0.3, 0.4) is 0 Å². The van der Waals surface area contributed by atoms with Gasteiger partial charge in [0.1, 0.15) is 18.9 Å². The highest BCUT2D eigenvalue weighted by molar-refractivity contribution is 7.10. The van der Waals surface area contributed by atoms with Crippen molar-refractivity contribution in [1.82, 2.24) is 9.80 Å². The van der Waals surface area contributed by atoms with Gasteiger partial charge in [0.25, 0.3) is 5.91 Å². The maximum atomic E-state index is 13.8. The first-order valence-corrected chi connectivity index (χ1v) is 13.6. The molecule has 0 N–H and O–H groups in total. The van der Waals surface area contributed by atoms with Gasteiger partial charge in [-0.15, -0.1) is 11.3 Å². The third kappa shape index (κ3) is 5.30. The number of carbonyl (C=O) groups excluding carboxylic acids is 2. The van der Waals surface area contributed by atoms with Gasteiger partial charge >= 0.3 is 0 Å². The summed E-state index contributed by atoms with van der Waals surface area (Å²) in [6.07, 6.45) is 1.54. The second-order valence-corrected chi connectivity index (χ2v) is 10.5. The Labute approximate surface area is 221 Å². The highest BCUT2D eigenvalue weighted by Crippen LogP contribution is 2.35. The summed E-state index contributed by atoms with van der Waals surface area (Å²) in [6.45, 7) is 7.14. The third-order valence-corrected chi connectivity index (χ3v) is 8.15. The molecule has 0 spiro atoms. The monoisotopic (exact) mass is 520 g/mol. The van der Waals surface area contributed by atoms with Crippen molar-refractivity contribution in [2.24, 2.45) is 0 Å². The van der Waals surface area contributed by atoms with E-state index in [4.69, 9.17) is 14.2 Å². The van der Waals surface area contributed by atoms with Crippen molar-refractivity contribution < 1.29 is 23.8 Å². The zero-order valence-corrected chi connectivity index (χ0v) is 22.3. The normalized spacial score (nSPS) is 16.7. The van der Waals surface area contributed by atoms with Crippen molar-refractivity contribution in [3.05, 3.63) is 75.5 Å². The Bertz CT molecular complexity index is 1270. The molecule has 2 atom stereocenters. The van der Waals surface area contributed by atoms with Gasteiger partial charge in [0.05, 0.1) is 6.04 Å². The fraction of sp³-hybridized carbons (Fsp3) is 0.379. The Morgan fingerprint density at radius 1 is 1.14 bits per heavy atom. The van der Waals surface area contributed by atoms with E-state index in [1.807, 2.05) is 49.9 Å². The van der Waals surface area contributed by atoms with Crippen molar-refractivity contribution in [2.45, 2.75) is 45.7 Å². The number of aryl methyl sites for hydroxylation is 1. The molecule has 2 amide bonds. The summed E-state index contributed by atoms with van der Waals surface area (Å²) >= 11 is 1.72. The molecular weight excluding hydrogens is 488 g/mol. The number of benzene rings is 2. The van der Waals surface area contributed by atoms with E-state index in [1.165, 1.54) is 10.4 Å². The average Bonchev–Trinajstić information content (AvgIpc) is 3.59. The number of rotatable bonds is 8. The number of fused-ring (bicyclic) bond motifs is 2. The smallest absolute Gasteiger partial charge is 0.254 e. The van der Waals surface area contributed by atoms with Crippen LogP contribution in [0.5, 0.6) is 17.2 Å². The van der Waals surface area contributed by atoms with Crippen LogP contribution in [0.1, 0.15) is 52.7 Å². The Morgan fingerprint density at radius 3 is 2.70 bits per heavy atom. The lowest BCUT2D eigenvalue weighted by Crippen LogP contribution is -2.49. The molecule has 3 aromatic rings. The first kappa shape index (κ1) is 25.1. The van der Waals surface area contributed by atoms with Crippen LogP contribution >= 0.6 is 11.3 Å². The first-order valence-electron chi connectivity index (χ1n) is 12.7. The number of thiophene rings is 1. The molecule has 0 saturated carbocycles. The molecule has 0 fully saturated rings. The van der Waals surface area contributed by atoms with Crippen LogP contribution in [0.25, 0.3) is 0 Å². The summed E-state index contributed by atoms with van der Waals surface area (Å²) < 4.78 is 17.0. The molecule has 8 heteroatoms. The molecule has 0 bridgehead atoms. The molecule has 0 saturated heterocycles. The standard InChI is InChI=1S/C29H32N2O5S/c1-4-20(3)31(29(33)21-7-10-25-26(15-21)36-18-35-25)16-28(32)30-13-11-27-23(12-14-37-27)24(30)17-34-22-8-5-19(2)6-9-22/h5-10,12,14-15,20,24H,4,11,13,16-18H2,1-3H3. The van der Waals surface area contributed by atoms with E-state index in [0.717, 1.165) is 24.2 Å². The second-order valence-electron chi connectivity index (χ2n) is 9.53. The zero-order valence-electron chi connectivity index (χ0n) is 21.4. The molecule has 2 aromatic carbocycles. The summed E-state index contributed by atoms with van der Waals surface area (Å²) in [5.41, 5.74) is 2.78. The maximum absolute atomic E-state index is 13.8. The lowest BCUT2D eigenvalue weighted by molar-refractivity contribution is -0.136. The van der Waals surface area contributed by atoms with Crippen LogP contribution in [0.15, 0.2) is 53.9 Å². The van der Waals surface area contributed by atoms with Crippen LogP contribution in [0.4, 0.5) is 0 Å². The van der Waals surface area contributed by atoms with Gasteiger partial charge in [-0.25, -0.2) is 0 Å². The fourth-order valence-electron chi connectivity index (χ4n) is 4.76. The SMILES string of the molecule is CCC(C)N(CC(=O)N1CCc2sccc2C1COc1ccc(C)cc1)C(=O)c1ccc2c(c1)OCO2. The molecule has 2 aliphatic rings. The van der Waals surface area contributed by atoms with Gasteiger partial charge in [-0.3, -0.25) is 9.59 Å². The molecule has 3 heterocycles. The van der Waals surface area contributed by atoms with Gasteiger partial charge in [0.15, 0.2) is 11.5 Å². The van der Waals surface area contributed by atoms with E-state index in [0.29, 0.717) is 30.2 Å². The van der Waals surface area contributed by atoms with Crippen molar-refractivity contribution in [3.63, 3.8) is 0 Å². The summed E-state index contributed by atoms with van der Waals surface area (Å²) in [5, 5.41) is 2.08. The van der Waals surface area contributed by atoms with E-state index in [-0.39, 0.29) is 37.2 Å². The van der Waals surface area contributed by atoms with E-state index >= 15 is 0 Å². The van der Waals surface area contributed by atoms with E-state index in [1.54, 1.807) is 34.4 Å².